The molecule has 136 valence electrons. The number of carbonyl (C=O) groups is 2. The van der Waals surface area contributed by atoms with Crippen molar-refractivity contribution < 1.29 is 9.59 Å². The molecule has 0 unspecified atom stereocenters. The van der Waals surface area contributed by atoms with Crippen LogP contribution in [0.2, 0.25) is 0 Å². The van der Waals surface area contributed by atoms with Crippen molar-refractivity contribution in [3.8, 4) is 0 Å². The van der Waals surface area contributed by atoms with Crippen molar-refractivity contribution >= 4 is 11.9 Å². The first-order chi connectivity index (χ1) is 12.1. The number of benzene rings is 1. The first-order valence-electron chi connectivity index (χ1n) is 9.13. The van der Waals surface area contributed by atoms with Crippen LogP contribution in [0.25, 0.3) is 0 Å². The normalized spacial score (nSPS) is 20.4. The molecule has 6 nitrogen and oxygen atoms in total. The van der Waals surface area contributed by atoms with Crippen molar-refractivity contribution in [3.05, 3.63) is 35.9 Å². The van der Waals surface area contributed by atoms with E-state index < -0.39 is 0 Å². The fourth-order valence-corrected chi connectivity index (χ4v) is 3.83. The van der Waals surface area contributed by atoms with Crippen molar-refractivity contribution in [3.63, 3.8) is 0 Å². The summed E-state index contributed by atoms with van der Waals surface area (Å²) in [6, 6.07) is 10.3. The van der Waals surface area contributed by atoms with Crippen LogP contribution in [0.3, 0.4) is 0 Å². The molecule has 2 aliphatic heterocycles. The molecule has 2 heterocycles. The van der Waals surface area contributed by atoms with Crippen LogP contribution in [0, 0.1) is 0 Å². The molecule has 0 aliphatic carbocycles. The van der Waals surface area contributed by atoms with E-state index in [-0.39, 0.29) is 18.0 Å². The Hall–Kier alpha value is -2.08. The maximum atomic E-state index is 12.7. The van der Waals surface area contributed by atoms with E-state index in [0.717, 1.165) is 44.6 Å². The summed E-state index contributed by atoms with van der Waals surface area (Å²) in [5.74, 6) is 0.154. The van der Waals surface area contributed by atoms with Gasteiger partial charge in [-0.2, -0.15) is 0 Å². The van der Waals surface area contributed by atoms with Crippen molar-refractivity contribution in [2.45, 2.75) is 38.4 Å². The Kier molecular flexibility index (Phi) is 5.58. The molecule has 0 aromatic heterocycles. The van der Waals surface area contributed by atoms with E-state index in [2.05, 4.69) is 10.2 Å². The van der Waals surface area contributed by atoms with Gasteiger partial charge in [0.25, 0.3) is 0 Å². The number of hydrogen-bond donors (Lipinski definition) is 1. The summed E-state index contributed by atoms with van der Waals surface area (Å²) in [4.78, 5) is 30.5. The molecule has 1 aromatic carbocycles. The van der Waals surface area contributed by atoms with Crippen LogP contribution in [0.5, 0.6) is 0 Å². The number of urea groups is 1. The lowest BCUT2D eigenvalue weighted by Crippen LogP contribution is -2.52. The fourth-order valence-electron chi connectivity index (χ4n) is 3.83. The quantitative estimate of drug-likeness (QED) is 0.881. The summed E-state index contributed by atoms with van der Waals surface area (Å²) in [5.41, 5.74) is 1.14. The molecule has 2 saturated heterocycles. The number of nitrogens with zero attached hydrogens (tertiary/aromatic N) is 3. The number of rotatable bonds is 5. The minimum absolute atomic E-state index is 0.0603. The molecule has 1 N–H and O–H groups in total. The van der Waals surface area contributed by atoms with E-state index in [4.69, 9.17) is 0 Å². The van der Waals surface area contributed by atoms with E-state index >= 15 is 0 Å². The minimum Gasteiger partial charge on any atom is -0.340 e. The molecule has 2 fully saturated rings. The third kappa shape index (κ3) is 4.12. The molecular formula is C19H28N4O2. The Morgan fingerprint density at radius 3 is 2.52 bits per heavy atom. The van der Waals surface area contributed by atoms with E-state index in [1.54, 1.807) is 4.90 Å². The van der Waals surface area contributed by atoms with Crippen molar-refractivity contribution in [1.82, 2.24) is 20.0 Å². The summed E-state index contributed by atoms with van der Waals surface area (Å²) >= 11 is 0. The second kappa shape index (κ2) is 7.87. The van der Waals surface area contributed by atoms with E-state index in [1.165, 1.54) is 0 Å². The summed E-state index contributed by atoms with van der Waals surface area (Å²) in [6.45, 7) is 5.90. The van der Waals surface area contributed by atoms with Gasteiger partial charge in [-0.3, -0.25) is 9.69 Å². The van der Waals surface area contributed by atoms with Crippen LogP contribution in [0.4, 0.5) is 4.79 Å². The van der Waals surface area contributed by atoms with E-state index in [1.807, 2.05) is 49.2 Å². The van der Waals surface area contributed by atoms with Gasteiger partial charge < -0.3 is 15.1 Å². The average molecular weight is 344 g/mol. The molecule has 1 aromatic rings. The SMILES string of the molecule is C[C@H](C(=O)N(C)Cc1ccccc1)N1CCC(N2CCNC2=O)CC1. The first kappa shape index (κ1) is 17.7. The zero-order chi connectivity index (χ0) is 17.8. The van der Waals surface area contributed by atoms with E-state index in [0.29, 0.717) is 12.6 Å². The lowest BCUT2D eigenvalue weighted by Gasteiger charge is -2.39. The molecular weight excluding hydrogens is 316 g/mol. The van der Waals surface area contributed by atoms with Gasteiger partial charge in [0.15, 0.2) is 0 Å². The third-order valence-corrected chi connectivity index (χ3v) is 5.37. The van der Waals surface area contributed by atoms with Gasteiger partial charge in [0.2, 0.25) is 5.91 Å². The zero-order valence-corrected chi connectivity index (χ0v) is 15.1. The average Bonchev–Trinajstić information content (AvgIpc) is 3.07. The monoisotopic (exact) mass is 344 g/mol. The Labute approximate surface area is 149 Å². The largest absolute Gasteiger partial charge is 0.340 e. The predicted octanol–water partition coefficient (Wildman–Crippen LogP) is 1.52. The lowest BCUT2D eigenvalue weighted by atomic mass is 10.0. The van der Waals surface area contributed by atoms with Crippen molar-refractivity contribution in [2.75, 3.05) is 33.2 Å². The van der Waals surface area contributed by atoms with Gasteiger partial charge in [-0.25, -0.2) is 4.79 Å². The van der Waals surface area contributed by atoms with Crippen molar-refractivity contribution in [2.24, 2.45) is 0 Å². The molecule has 0 bridgehead atoms. The van der Waals surface area contributed by atoms with Gasteiger partial charge in [-0.15, -0.1) is 0 Å². The van der Waals surface area contributed by atoms with E-state index in [9.17, 15) is 9.59 Å². The Morgan fingerprint density at radius 1 is 1.24 bits per heavy atom. The Morgan fingerprint density at radius 2 is 1.92 bits per heavy atom. The molecule has 0 saturated carbocycles. The van der Waals surface area contributed by atoms with Gasteiger partial charge in [-0.1, -0.05) is 30.3 Å². The topological polar surface area (TPSA) is 55.9 Å². The summed E-state index contributed by atoms with van der Waals surface area (Å²) < 4.78 is 0. The van der Waals surface area contributed by atoms with Crippen LogP contribution in [-0.4, -0.2) is 71.9 Å². The number of hydrogen-bond acceptors (Lipinski definition) is 3. The number of carbonyl (C=O) groups excluding carboxylic acids is 2. The summed E-state index contributed by atoms with van der Waals surface area (Å²) in [7, 11) is 1.87. The second-order valence-corrected chi connectivity index (χ2v) is 7.05. The van der Waals surface area contributed by atoms with Gasteiger partial charge in [-0.05, 0) is 25.3 Å². The first-order valence-corrected chi connectivity index (χ1v) is 9.13. The highest BCUT2D eigenvalue weighted by molar-refractivity contribution is 5.81. The Bertz CT molecular complexity index is 599. The number of likely N-dealkylation sites (N-methyl/N-ethyl adjacent to an activating group) is 1. The smallest absolute Gasteiger partial charge is 0.317 e. The summed E-state index contributed by atoms with van der Waals surface area (Å²) in [6.07, 6.45) is 1.88. The third-order valence-electron chi connectivity index (χ3n) is 5.37. The predicted molar refractivity (Wildman–Crippen MR) is 97.1 cm³/mol. The van der Waals surface area contributed by atoms with Gasteiger partial charge in [0.05, 0.1) is 6.04 Å². The summed E-state index contributed by atoms with van der Waals surface area (Å²) in [5, 5.41) is 2.87. The number of likely N-dealkylation sites (tertiary alicyclic amines) is 1. The molecule has 3 rings (SSSR count). The molecule has 0 spiro atoms. The maximum Gasteiger partial charge on any atom is 0.317 e. The highest BCUT2D eigenvalue weighted by Crippen LogP contribution is 2.20. The highest BCUT2D eigenvalue weighted by Gasteiger charge is 2.33. The molecule has 3 amide bonds. The molecule has 6 heteroatoms. The van der Waals surface area contributed by atoms with Gasteiger partial charge >= 0.3 is 6.03 Å². The second-order valence-electron chi connectivity index (χ2n) is 7.05. The number of piperidine rings is 1. The van der Waals surface area contributed by atoms with Crippen LogP contribution in [0.1, 0.15) is 25.3 Å². The molecule has 1 atom stereocenters. The van der Waals surface area contributed by atoms with Crippen LogP contribution in [0.15, 0.2) is 30.3 Å². The lowest BCUT2D eigenvalue weighted by molar-refractivity contribution is -0.136. The standard InChI is InChI=1S/C19H28N4O2/c1-15(18(24)21(2)14-16-6-4-3-5-7-16)22-11-8-17(9-12-22)23-13-10-20-19(23)25/h3-7,15,17H,8-14H2,1-2H3,(H,20,25)/t15-/m1/s1. The highest BCUT2D eigenvalue weighted by atomic mass is 16.2. The number of amides is 3. The van der Waals surface area contributed by atoms with Crippen LogP contribution < -0.4 is 5.32 Å². The van der Waals surface area contributed by atoms with Gasteiger partial charge in [0, 0.05) is 45.8 Å². The molecule has 2 aliphatic rings. The zero-order valence-electron chi connectivity index (χ0n) is 15.1. The Balaban J connectivity index is 1.50. The van der Waals surface area contributed by atoms with Crippen LogP contribution in [-0.2, 0) is 11.3 Å². The molecule has 25 heavy (non-hydrogen) atoms. The number of nitrogens with one attached hydrogen (secondary N) is 1. The fraction of sp³-hybridized carbons (Fsp3) is 0.579. The van der Waals surface area contributed by atoms with Gasteiger partial charge in [0.1, 0.15) is 0 Å². The maximum absolute atomic E-state index is 12.7. The van der Waals surface area contributed by atoms with Crippen molar-refractivity contribution in [1.29, 1.82) is 0 Å². The van der Waals surface area contributed by atoms with Crippen LogP contribution >= 0.6 is 0 Å². The molecule has 0 radical (unpaired) electrons. The minimum atomic E-state index is -0.123.